The van der Waals surface area contributed by atoms with Gasteiger partial charge >= 0.3 is 5.97 Å². The minimum atomic E-state index is -0.672. The molecule has 1 heterocycles. The van der Waals surface area contributed by atoms with Gasteiger partial charge in [0.05, 0.1) is 12.2 Å². The van der Waals surface area contributed by atoms with Gasteiger partial charge in [-0.1, -0.05) is 65.0 Å². The van der Waals surface area contributed by atoms with E-state index in [1.165, 1.54) is 31.3 Å². The molecule has 4 fully saturated rings. The Kier molecular flexibility index (Phi) is 7.83. The second-order valence-electron chi connectivity index (χ2n) is 12.2. The number of carbonyl (C=O) groups is 1. The molecule has 3 saturated carbocycles. The predicted octanol–water partition coefficient (Wildman–Crippen LogP) is 6.30. The summed E-state index contributed by atoms with van der Waals surface area (Å²) in [5.41, 5.74) is 4.19. The van der Waals surface area contributed by atoms with Gasteiger partial charge in [-0.15, -0.1) is 0 Å². The van der Waals surface area contributed by atoms with Crippen molar-refractivity contribution in [3.8, 4) is 0 Å². The second kappa shape index (κ2) is 10.4. The molecule has 3 aliphatic carbocycles. The summed E-state index contributed by atoms with van der Waals surface area (Å²) in [4.78, 5) is 12.2. The summed E-state index contributed by atoms with van der Waals surface area (Å²) >= 11 is 0. The number of rotatable bonds is 6. The molecular formula is C31H46O4. The number of hydrogen-bond acceptors (Lipinski definition) is 4. The largest absolute Gasteiger partial charge is 0.458 e. The molecule has 6 unspecified atom stereocenters. The molecule has 9 atom stereocenters. The van der Waals surface area contributed by atoms with Gasteiger partial charge in [0, 0.05) is 17.4 Å². The predicted molar refractivity (Wildman–Crippen MR) is 140 cm³/mol. The summed E-state index contributed by atoms with van der Waals surface area (Å²) in [5.74, 6) is 1.49. The standard InChI is InChI=1S/C31H46O4/c1-7-9-24-20(4)30(34)35-28(24)16-18(2)25-13-14-26-22(10-8-15-31(25,26)6)11-12-23-17-27(32)21(5)29(33)19(23)3/h11-12,18,21,24-29,32-33H,3-4,7-10,13-17H2,1-2,5-6H3/b22-11-,23-12+/t18?,21?,24?,25-,26+,27?,28?,29?,31-/m1/s1. The fourth-order valence-electron chi connectivity index (χ4n) is 7.94. The topological polar surface area (TPSA) is 66.8 Å². The Hall–Kier alpha value is -1.65. The molecule has 194 valence electrons. The highest BCUT2D eigenvalue weighted by molar-refractivity contribution is 5.90. The first-order valence-electron chi connectivity index (χ1n) is 13.9. The first-order valence-corrected chi connectivity index (χ1v) is 13.9. The van der Waals surface area contributed by atoms with Crippen LogP contribution in [-0.2, 0) is 9.53 Å². The van der Waals surface area contributed by atoms with Crippen LogP contribution in [0.15, 0.2) is 47.6 Å². The lowest BCUT2D eigenvalue weighted by Crippen LogP contribution is -2.37. The highest BCUT2D eigenvalue weighted by Crippen LogP contribution is 2.60. The van der Waals surface area contributed by atoms with Gasteiger partial charge in [0.1, 0.15) is 6.10 Å². The third-order valence-corrected chi connectivity index (χ3v) is 10.1. The molecule has 0 spiro atoms. The van der Waals surface area contributed by atoms with Crippen LogP contribution >= 0.6 is 0 Å². The van der Waals surface area contributed by atoms with E-state index in [0.717, 1.165) is 36.8 Å². The minimum absolute atomic E-state index is 0.0199. The second-order valence-corrected chi connectivity index (χ2v) is 12.2. The van der Waals surface area contributed by atoms with Crippen molar-refractivity contribution in [3.05, 3.63) is 47.6 Å². The molecular weight excluding hydrogens is 436 g/mol. The Morgan fingerprint density at radius 3 is 2.66 bits per heavy atom. The Morgan fingerprint density at radius 1 is 1.20 bits per heavy atom. The van der Waals surface area contributed by atoms with E-state index in [1.54, 1.807) is 0 Å². The smallest absolute Gasteiger partial charge is 0.334 e. The van der Waals surface area contributed by atoms with Gasteiger partial charge in [-0.05, 0) is 85.7 Å². The maximum absolute atomic E-state index is 12.2. The molecule has 4 nitrogen and oxygen atoms in total. The molecule has 4 heteroatoms. The van der Waals surface area contributed by atoms with Crippen LogP contribution in [0.1, 0.15) is 85.5 Å². The van der Waals surface area contributed by atoms with Crippen molar-refractivity contribution >= 4 is 5.97 Å². The van der Waals surface area contributed by atoms with Gasteiger partial charge in [0.2, 0.25) is 0 Å². The van der Waals surface area contributed by atoms with Crippen LogP contribution in [0.4, 0.5) is 0 Å². The van der Waals surface area contributed by atoms with Crippen molar-refractivity contribution in [2.75, 3.05) is 0 Å². The van der Waals surface area contributed by atoms with Crippen molar-refractivity contribution in [1.29, 1.82) is 0 Å². The molecule has 0 aromatic carbocycles. The van der Waals surface area contributed by atoms with Gasteiger partial charge in [-0.25, -0.2) is 4.79 Å². The summed E-state index contributed by atoms with van der Waals surface area (Å²) in [5, 5.41) is 20.8. The van der Waals surface area contributed by atoms with Crippen LogP contribution in [0, 0.1) is 35.0 Å². The molecule has 2 N–H and O–H groups in total. The van der Waals surface area contributed by atoms with Gasteiger partial charge in [-0.3, -0.25) is 0 Å². The highest BCUT2D eigenvalue weighted by atomic mass is 16.6. The van der Waals surface area contributed by atoms with Crippen LogP contribution in [0.5, 0.6) is 0 Å². The first-order chi connectivity index (χ1) is 16.6. The van der Waals surface area contributed by atoms with Gasteiger partial charge in [0.15, 0.2) is 0 Å². The monoisotopic (exact) mass is 482 g/mol. The number of carbonyl (C=O) groups excluding carboxylic acids is 1. The summed E-state index contributed by atoms with van der Waals surface area (Å²) in [7, 11) is 0. The van der Waals surface area contributed by atoms with Crippen LogP contribution in [0.3, 0.4) is 0 Å². The average Bonchev–Trinajstić information content (AvgIpc) is 3.31. The van der Waals surface area contributed by atoms with E-state index in [2.05, 4.69) is 46.1 Å². The fraction of sp³-hybridized carbons (Fsp3) is 0.710. The molecule has 0 amide bonds. The van der Waals surface area contributed by atoms with Gasteiger partial charge in [0.25, 0.3) is 0 Å². The molecule has 0 aromatic heterocycles. The lowest BCUT2D eigenvalue weighted by Gasteiger charge is -2.45. The van der Waals surface area contributed by atoms with E-state index >= 15 is 0 Å². The van der Waals surface area contributed by atoms with Crippen LogP contribution in [-0.4, -0.2) is 34.5 Å². The van der Waals surface area contributed by atoms with E-state index in [1.807, 2.05) is 6.92 Å². The van der Waals surface area contributed by atoms with Crippen molar-refractivity contribution in [1.82, 2.24) is 0 Å². The number of hydrogen-bond donors (Lipinski definition) is 2. The number of esters is 1. The minimum Gasteiger partial charge on any atom is -0.458 e. The Morgan fingerprint density at radius 2 is 1.94 bits per heavy atom. The summed E-state index contributed by atoms with van der Waals surface area (Å²) in [6.07, 6.45) is 12.7. The molecule has 4 rings (SSSR count). The van der Waals surface area contributed by atoms with E-state index in [4.69, 9.17) is 4.74 Å². The maximum atomic E-state index is 12.2. The SMILES string of the molecule is C=C1/C(=C/C=C2/CCC[C@]3(C)[C@@H](C(C)CC4OC(=O)C(=C)C4CCC)CC[C@@H]23)CC(O)C(C)C1O. The molecule has 4 aliphatic rings. The molecule has 35 heavy (non-hydrogen) atoms. The van der Waals surface area contributed by atoms with E-state index in [-0.39, 0.29) is 29.3 Å². The number of cyclic esters (lactones) is 1. The average molecular weight is 483 g/mol. The number of ether oxygens (including phenoxy) is 1. The van der Waals surface area contributed by atoms with E-state index in [0.29, 0.717) is 29.7 Å². The van der Waals surface area contributed by atoms with Gasteiger partial charge in [-0.2, -0.15) is 0 Å². The zero-order chi connectivity index (χ0) is 25.5. The molecule has 0 radical (unpaired) electrons. The number of aliphatic hydroxyl groups is 2. The van der Waals surface area contributed by atoms with E-state index in [9.17, 15) is 15.0 Å². The van der Waals surface area contributed by atoms with Crippen molar-refractivity contribution in [2.24, 2.45) is 35.0 Å². The Labute approximate surface area is 212 Å². The van der Waals surface area contributed by atoms with Crippen LogP contribution in [0.25, 0.3) is 0 Å². The third kappa shape index (κ3) is 4.85. The number of aliphatic hydroxyl groups excluding tert-OH is 2. The fourth-order valence-corrected chi connectivity index (χ4v) is 7.94. The lowest BCUT2D eigenvalue weighted by molar-refractivity contribution is -0.140. The van der Waals surface area contributed by atoms with Crippen molar-refractivity contribution in [2.45, 2.75) is 104 Å². The quantitative estimate of drug-likeness (QED) is 0.344. The zero-order valence-corrected chi connectivity index (χ0v) is 22.3. The lowest BCUT2D eigenvalue weighted by atomic mass is 9.60. The summed E-state index contributed by atoms with van der Waals surface area (Å²) in [6, 6.07) is 0. The van der Waals surface area contributed by atoms with Gasteiger partial charge < -0.3 is 14.9 Å². The summed E-state index contributed by atoms with van der Waals surface area (Å²) < 4.78 is 5.79. The van der Waals surface area contributed by atoms with Crippen LogP contribution < -0.4 is 0 Å². The first kappa shape index (κ1) is 26.4. The highest BCUT2D eigenvalue weighted by Gasteiger charge is 2.51. The maximum Gasteiger partial charge on any atom is 0.334 e. The number of fused-ring (bicyclic) bond motifs is 1. The molecule has 1 aliphatic heterocycles. The van der Waals surface area contributed by atoms with E-state index < -0.39 is 12.2 Å². The molecule has 0 bridgehead atoms. The van der Waals surface area contributed by atoms with Crippen LogP contribution in [0.2, 0.25) is 0 Å². The van der Waals surface area contributed by atoms with Crippen molar-refractivity contribution < 1.29 is 19.7 Å². The normalized spacial score (nSPS) is 43.0. The zero-order valence-electron chi connectivity index (χ0n) is 22.3. The third-order valence-electron chi connectivity index (χ3n) is 10.1. The Bertz CT molecular complexity index is 913. The Balaban J connectivity index is 1.49. The summed E-state index contributed by atoms with van der Waals surface area (Å²) in [6.45, 7) is 17.1. The van der Waals surface area contributed by atoms with Crippen molar-refractivity contribution in [3.63, 3.8) is 0 Å². The number of allylic oxidation sites excluding steroid dienone is 3. The molecule has 1 saturated heterocycles. The molecule has 0 aromatic rings.